The van der Waals surface area contributed by atoms with E-state index in [1.807, 2.05) is 42.6 Å². The Morgan fingerprint density at radius 1 is 1.00 bits per heavy atom. The van der Waals surface area contributed by atoms with Crippen molar-refractivity contribution in [1.29, 1.82) is 0 Å². The zero-order valence-corrected chi connectivity index (χ0v) is 9.67. The van der Waals surface area contributed by atoms with Gasteiger partial charge in [-0.3, -0.25) is 4.98 Å². The van der Waals surface area contributed by atoms with E-state index in [-0.39, 0.29) is 0 Å². The monoisotopic (exact) mass is 236 g/mol. The van der Waals surface area contributed by atoms with Crippen molar-refractivity contribution in [2.75, 3.05) is 11.1 Å². The number of anilines is 3. The predicted molar refractivity (Wildman–Crippen MR) is 73.7 cm³/mol. The quantitative estimate of drug-likeness (QED) is 0.718. The molecule has 3 aromatic rings. The number of nitrogens with zero attached hydrogens (tertiary/aromatic N) is 2. The van der Waals surface area contributed by atoms with Crippen molar-refractivity contribution in [3.8, 4) is 0 Å². The summed E-state index contributed by atoms with van der Waals surface area (Å²) in [4.78, 5) is 8.37. The minimum absolute atomic E-state index is 0.624. The molecule has 18 heavy (non-hydrogen) atoms. The van der Waals surface area contributed by atoms with Crippen molar-refractivity contribution in [3.05, 3.63) is 55.0 Å². The van der Waals surface area contributed by atoms with Gasteiger partial charge in [-0.05, 0) is 29.7 Å². The Labute approximate surface area is 104 Å². The van der Waals surface area contributed by atoms with Gasteiger partial charge in [0.25, 0.3) is 0 Å². The summed E-state index contributed by atoms with van der Waals surface area (Å²) < 4.78 is 0. The summed E-state index contributed by atoms with van der Waals surface area (Å²) >= 11 is 0. The van der Waals surface area contributed by atoms with E-state index >= 15 is 0 Å². The third kappa shape index (κ3) is 1.84. The maximum Gasteiger partial charge on any atom is 0.153 e. The second-order valence-electron chi connectivity index (χ2n) is 3.97. The van der Waals surface area contributed by atoms with Gasteiger partial charge >= 0.3 is 0 Å². The second kappa shape index (κ2) is 4.33. The lowest BCUT2D eigenvalue weighted by molar-refractivity contribution is 1.31. The molecule has 88 valence electrons. The van der Waals surface area contributed by atoms with E-state index in [1.54, 1.807) is 12.4 Å². The van der Waals surface area contributed by atoms with Crippen molar-refractivity contribution in [3.63, 3.8) is 0 Å². The number of nitrogens with two attached hydrogens (primary N) is 1. The predicted octanol–water partition coefficient (Wildman–Crippen LogP) is 2.96. The molecular weight excluding hydrogens is 224 g/mol. The van der Waals surface area contributed by atoms with Crippen LogP contribution in [0.5, 0.6) is 0 Å². The lowest BCUT2D eigenvalue weighted by Crippen LogP contribution is -1.99. The van der Waals surface area contributed by atoms with Gasteiger partial charge in [0.15, 0.2) is 5.82 Å². The highest BCUT2D eigenvalue weighted by molar-refractivity contribution is 5.95. The van der Waals surface area contributed by atoms with Crippen LogP contribution in [0.2, 0.25) is 0 Å². The first kappa shape index (κ1) is 10.5. The molecule has 0 amide bonds. The molecule has 1 aromatic carbocycles. The molecule has 0 atom stereocenters. The van der Waals surface area contributed by atoms with Crippen LogP contribution in [0.1, 0.15) is 0 Å². The summed E-state index contributed by atoms with van der Waals surface area (Å²) in [6.07, 6.45) is 5.32. The molecule has 0 bridgehead atoms. The maximum atomic E-state index is 5.87. The summed E-state index contributed by atoms with van der Waals surface area (Å²) in [7, 11) is 0. The minimum Gasteiger partial charge on any atom is -0.396 e. The first-order valence-electron chi connectivity index (χ1n) is 5.65. The lowest BCUT2D eigenvalue weighted by atomic mass is 10.1. The fourth-order valence-corrected chi connectivity index (χ4v) is 1.87. The first-order chi connectivity index (χ1) is 8.84. The van der Waals surface area contributed by atoms with Crippen molar-refractivity contribution >= 4 is 28.0 Å². The van der Waals surface area contributed by atoms with Crippen molar-refractivity contribution in [1.82, 2.24) is 9.97 Å². The van der Waals surface area contributed by atoms with Crippen LogP contribution in [0.25, 0.3) is 10.8 Å². The van der Waals surface area contributed by atoms with Gasteiger partial charge in [-0.1, -0.05) is 12.1 Å². The summed E-state index contributed by atoms with van der Waals surface area (Å²) in [5, 5.41) is 5.41. The van der Waals surface area contributed by atoms with E-state index in [0.717, 1.165) is 16.5 Å². The molecule has 4 nitrogen and oxygen atoms in total. The zero-order valence-electron chi connectivity index (χ0n) is 9.67. The molecule has 0 aliphatic carbocycles. The Hall–Kier alpha value is -2.62. The van der Waals surface area contributed by atoms with Crippen LogP contribution in [-0.2, 0) is 0 Å². The van der Waals surface area contributed by atoms with Crippen LogP contribution in [0.15, 0.2) is 55.0 Å². The number of hydrogen-bond acceptors (Lipinski definition) is 4. The van der Waals surface area contributed by atoms with Gasteiger partial charge in [0, 0.05) is 29.7 Å². The maximum absolute atomic E-state index is 5.87. The number of rotatable bonds is 2. The van der Waals surface area contributed by atoms with Gasteiger partial charge in [0.2, 0.25) is 0 Å². The molecule has 0 fully saturated rings. The molecule has 3 rings (SSSR count). The van der Waals surface area contributed by atoms with Gasteiger partial charge in [-0.25, -0.2) is 4.98 Å². The van der Waals surface area contributed by atoms with Gasteiger partial charge in [0.05, 0.1) is 5.69 Å². The van der Waals surface area contributed by atoms with E-state index in [0.29, 0.717) is 11.5 Å². The molecule has 0 unspecified atom stereocenters. The number of pyridine rings is 2. The molecule has 2 aromatic heterocycles. The topological polar surface area (TPSA) is 63.8 Å². The second-order valence-corrected chi connectivity index (χ2v) is 3.97. The lowest BCUT2D eigenvalue weighted by Gasteiger charge is -2.10. The molecule has 4 heteroatoms. The largest absolute Gasteiger partial charge is 0.396 e. The van der Waals surface area contributed by atoms with Crippen molar-refractivity contribution in [2.45, 2.75) is 0 Å². The van der Waals surface area contributed by atoms with E-state index in [4.69, 9.17) is 5.73 Å². The number of fused-ring (bicyclic) bond motifs is 1. The highest BCUT2D eigenvalue weighted by Crippen LogP contribution is 2.26. The zero-order chi connectivity index (χ0) is 12.4. The van der Waals surface area contributed by atoms with Gasteiger partial charge in [-0.2, -0.15) is 0 Å². The molecular formula is C14H12N4. The summed E-state index contributed by atoms with van der Waals surface area (Å²) in [5.41, 5.74) is 7.45. The molecule has 0 spiro atoms. The standard InChI is InChI=1S/C14H12N4/c15-12-4-2-7-17-14(12)18-13-5-1-3-10-6-8-16-9-11(10)13/h1-9H,15H2,(H,17,18). The number of aromatic nitrogens is 2. The van der Waals surface area contributed by atoms with E-state index in [2.05, 4.69) is 15.3 Å². The van der Waals surface area contributed by atoms with Gasteiger partial charge < -0.3 is 11.1 Å². The summed E-state index contributed by atoms with van der Waals surface area (Å²) in [5.74, 6) is 0.661. The Bertz CT molecular complexity index is 689. The number of nitrogens with one attached hydrogen (secondary N) is 1. The van der Waals surface area contributed by atoms with Crippen LogP contribution in [-0.4, -0.2) is 9.97 Å². The summed E-state index contributed by atoms with van der Waals surface area (Å²) in [6.45, 7) is 0. The molecule has 2 heterocycles. The average molecular weight is 236 g/mol. The average Bonchev–Trinajstić information content (AvgIpc) is 2.42. The SMILES string of the molecule is Nc1cccnc1Nc1cccc2ccncc12. The molecule has 3 N–H and O–H groups in total. The molecule has 0 radical (unpaired) electrons. The number of benzene rings is 1. The van der Waals surface area contributed by atoms with E-state index in [1.165, 1.54) is 0 Å². The van der Waals surface area contributed by atoms with Crippen LogP contribution >= 0.6 is 0 Å². The molecule has 0 saturated heterocycles. The Morgan fingerprint density at radius 2 is 1.94 bits per heavy atom. The smallest absolute Gasteiger partial charge is 0.153 e. The summed E-state index contributed by atoms with van der Waals surface area (Å²) in [6, 6.07) is 11.6. The van der Waals surface area contributed by atoms with E-state index in [9.17, 15) is 0 Å². The van der Waals surface area contributed by atoms with Crippen molar-refractivity contribution in [2.24, 2.45) is 0 Å². The highest BCUT2D eigenvalue weighted by Gasteiger charge is 2.03. The van der Waals surface area contributed by atoms with Crippen LogP contribution in [0.3, 0.4) is 0 Å². The fourth-order valence-electron chi connectivity index (χ4n) is 1.87. The Balaban J connectivity index is 2.08. The first-order valence-corrected chi connectivity index (χ1v) is 5.65. The normalized spacial score (nSPS) is 10.4. The molecule has 0 aliphatic rings. The van der Waals surface area contributed by atoms with E-state index < -0.39 is 0 Å². The van der Waals surface area contributed by atoms with Crippen LogP contribution in [0.4, 0.5) is 17.2 Å². The Morgan fingerprint density at radius 3 is 2.83 bits per heavy atom. The molecule has 0 aliphatic heterocycles. The van der Waals surface area contributed by atoms with Gasteiger partial charge in [-0.15, -0.1) is 0 Å². The van der Waals surface area contributed by atoms with Gasteiger partial charge in [0.1, 0.15) is 0 Å². The van der Waals surface area contributed by atoms with Crippen LogP contribution in [0, 0.1) is 0 Å². The number of nitrogen functional groups attached to an aromatic ring is 1. The number of hydrogen-bond donors (Lipinski definition) is 2. The molecule has 0 saturated carbocycles. The van der Waals surface area contributed by atoms with Crippen molar-refractivity contribution < 1.29 is 0 Å². The third-order valence-electron chi connectivity index (χ3n) is 2.78. The fraction of sp³-hybridized carbons (Fsp3) is 0. The van der Waals surface area contributed by atoms with Crippen LogP contribution < -0.4 is 11.1 Å². The minimum atomic E-state index is 0.624. The third-order valence-corrected chi connectivity index (χ3v) is 2.78. The Kier molecular flexibility index (Phi) is 2.53. The highest BCUT2D eigenvalue weighted by atomic mass is 15.0.